The van der Waals surface area contributed by atoms with Crippen LogP contribution in [0.4, 0.5) is 5.82 Å². The van der Waals surface area contributed by atoms with Gasteiger partial charge in [0.15, 0.2) is 0 Å². The second kappa shape index (κ2) is 5.62. The Kier molecular flexibility index (Phi) is 4.42. The molecule has 1 amide bonds. The summed E-state index contributed by atoms with van der Waals surface area (Å²) in [5.41, 5.74) is 0.242. The van der Waals surface area contributed by atoms with E-state index >= 15 is 0 Å². The number of nitrogens with one attached hydrogen (secondary N) is 2. The minimum absolute atomic E-state index is 0.115. The second-order valence-electron chi connectivity index (χ2n) is 5.06. The molecule has 18 heavy (non-hydrogen) atoms. The Labute approximate surface area is 108 Å². The van der Waals surface area contributed by atoms with E-state index < -0.39 is 0 Å². The first-order valence-corrected chi connectivity index (χ1v) is 5.85. The second-order valence-corrected chi connectivity index (χ2v) is 5.06. The first-order valence-electron chi connectivity index (χ1n) is 5.85. The first kappa shape index (κ1) is 14.2. The largest absolute Gasteiger partial charge is 0.365 e. The summed E-state index contributed by atoms with van der Waals surface area (Å²) in [4.78, 5) is 20.2. The lowest BCUT2D eigenvalue weighted by Crippen LogP contribution is -2.28. The molecule has 1 aromatic heterocycles. The molecule has 0 fully saturated rings. The van der Waals surface area contributed by atoms with Gasteiger partial charge in [0, 0.05) is 18.2 Å². The summed E-state index contributed by atoms with van der Waals surface area (Å²) in [7, 11) is 0. The Hall–Kier alpha value is -1.91. The molecule has 1 rings (SSSR count). The third-order valence-electron chi connectivity index (χ3n) is 1.98. The molecule has 0 aliphatic rings. The van der Waals surface area contributed by atoms with Gasteiger partial charge in [-0.05, 0) is 27.7 Å². The van der Waals surface area contributed by atoms with Crippen molar-refractivity contribution < 1.29 is 4.79 Å². The number of nitrogens with zero attached hydrogens (tertiary/aromatic N) is 2. The Morgan fingerprint density at radius 1 is 1.44 bits per heavy atom. The zero-order valence-electron chi connectivity index (χ0n) is 11.4. The van der Waals surface area contributed by atoms with Gasteiger partial charge in [-0.15, -0.1) is 6.58 Å². The van der Waals surface area contributed by atoms with Gasteiger partial charge in [0.1, 0.15) is 17.3 Å². The molecule has 0 bridgehead atoms. The highest BCUT2D eigenvalue weighted by Gasteiger charge is 2.14. The van der Waals surface area contributed by atoms with Crippen LogP contribution in [0.15, 0.2) is 18.7 Å². The van der Waals surface area contributed by atoms with Crippen molar-refractivity contribution in [2.75, 3.05) is 11.9 Å². The number of hydrogen-bond donors (Lipinski definition) is 2. The van der Waals surface area contributed by atoms with Crippen LogP contribution in [0.25, 0.3) is 0 Å². The predicted molar refractivity (Wildman–Crippen MR) is 72.7 cm³/mol. The summed E-state index contributed by atoms with van der Waals surface area (Å²) in [6.45, 7) is 11.8. The molecule has 0 saturated heterocycles. The van der Waals surface area contributed by atoms with Crippen LogP contribution in [0.2, 0.25) is 0 Å². The first-order chi connectivity index (χ1) is 8.31. The van der Waals surface area contributed by atoms with Crippen LogP contribution >= 0.6 is 0 Å². The van der Waals surface area contributed by atoms with Crippen molar-refractivity contribution in [3.8, 4) is 0 Å². The third kappa shape index (κ3) is 4.53. The molecule has 1 aromatic rings. The number of aromatic nitrogens is 2. The topological polar surface area (TPSA) is 66.9 Å². The number of aryl methyl sites for hydroxylation is 1. The highest BCUT2D eigenvalue weighted by atomic mass is 16.1. The van der Waals surface area contributed by atoms with Crippen LogP contribution in [-0.4, -0.2) is 28.0 Å². The minimum atomic E-state index is -0.225. The van der Waals surface area contributed by atoms with E-state index in [-0.39, 0.29) is 11.4 Å². The Morgan fingerprint density at radius 2 is 2.11 bits per heavy atom. The summed E-state index contributed by atoms with van der Waals surface area (Å²) in [6.07, 6.45) is 1.63. The van der Waals surface area contributed by atoms with E-state index in [1.807, 2.05) is 20.8 Å². The van der Waals surface area contributed by atoms with E-state index in [4.69, 9.17) is 0 Å². The highest BCUT2D eigenvalue weighted by molar-refractivity contribution is 5.93. The summed E-state index contributed by atoms with van der Waals surface area (Å²) < 4.78 is 0. The lowest BCUT2D eigenvalue weighted by Gasteiger charge is -2.21. The fourth-order valence-electron chi connectivity index (χ4n) is 1.39. The zero-order valence-corrected chi connectivity index (χ0v) is 11.4. The standard InChI is InChI=1S/C13H20N4O/c1-6-7-14-12(18)10-8-11(16-9(2)15-10)17-13(3,4)5/h6,8H,1,7H2,2-5H3,(H,14,18)(H,15,16,17). The average molecular weight is 248 g/mol. The molecule has 98 valence electrons. The van der Waals surface area contributed by atoms with Crippen molar-refractivity contribution in [3.63, 3.8) is 0 Å². The van der Waals surface area contributed by atoms with Crippen LogP contribution in [0.3, 0.4) is 0 Å². The Morgan fingerprint density at radius 3 is 2.67 bits per heavy atom. The Balaban J connectivity index is 2.93. The fraction of sp³-hybridized carbons (Fsp3) is 0.462. The molecule has 0 aliphatic heterocycles. The molecule has 0 unspecified atom stereocenters. The van der Waals surface area contributed by atoms with Crippen molar-refractivity contribution in [1.82, 2.24) is 15.3 Å². The molecule has 0 radical (unpaired) electrons. The number of carbonyl (C=O) groups is 1. The number of amides is 1. The molecular formula is C13H20N4O. The van der Waals surface area contributed by atoms with Crippen molar-refractivity contribution >= 4 is 11.7 Å². The van der Waals surface area contributed by atoms with Gasteiger partial charge in [0.2, 0.25) is 0 Å². The predicted octanol–water partition coefficient (Wildman–Crippen LogP) is 1.91. The lowest BCUT2D eigenvalue weighted by molar-refractivity contribution is 0.0952. The Bertz CT molecular complexity index is 449. The summed E-state index contributed by atoms with van der Waals surface area (Å²) in [6, 6.07) is 1.65. The maximum atomic E-state index is 11.8. The molecular weight excluding hydrogens is 228 g/mol. The van der Waals surface area contributed by atoms with Gasteiger partial charge in [0.25, 0.3) is 5.91 Å². The molecule has 5 heteroatoms. The number of hydrogen-bond acceptors (Lipinski definition) is 4. The van der Waals surface area contributed by atoms with Crippen LogP contribution < -0.4 is 10.6 Å². The molecule has 0 atom stereocenters. The van der Waals surface area contributed by atoms with Gasteiger partial charge in [-0.2, -0.15) is 0 Å². The number of carbonyl (C=O) groups excluding carboxylic acids is 1. The molecule has 2 N–H and O–H groups in total. The normalized spacial score (nSPS) is 10.9. The van der Waals surface area contributed by atoms with Gasteiger partial charge in [-0.1, -0.05) is 6.08 Å². The van der Waals surface area contributed by atoms with Gasteiger partial charge >= 0.3 is 0 Å². The van der Waals surface area contributed by atoms with Crippen LogP contribution in [0, 0.1) is 6.92 Å². The maximum absolute atomic E-state index is 11.8. The van der Waals surface area contributed by atoms with Gasteiger partial charge in [-0.3, -0.25) is 4.79 Å². The van der Waals surface area contributed by atoms with Gasteiger partial charge in [-0.25, -0.2) is 9.97 Å². The molecule has 0 aliphatic carbocycles. The van der Waals surface area contributed by atoms with Gasteiger partial charge < -0.3 is 10.6 Å². The van der Waals surface area contributed by atoms with Crippen LogP contribution in [-0.2, 0) is 0 Å². The molecule has 0 aromatic carbocycles. The highest BCUT2D eigenvalue weighted by Crippen LogP contribution is 2.13. The van der Waals surface area contributed by atoms with Crippen molar-refractivity contribution in [2.45, 2.75) is 33.2 Å². The number of rotatable bonds is 4. The van der Waals surface area contributed by atoms with E-state index in [9.17, 15) is 4.79 Å². The molecule has 0 saturated carbocycles. The third-order valence-corrected chi connectivity index (χ3v) is 1.98. The maximum Gasteiger partial charge on any atom is 0.270 e. The minimum Gasteiger partial charge on any atom is -0.365 e. The fourth-order valence-corrected chi connectivity index (χ4v) is 1.39. The summed E-state index contributed by atoms with van der Waals surface area (Å²) in [5, 5.41) is 5.91. The monoisotopic (exact) mass is 248 g/mol. The van der Waals surface area contributed by atoms with Crippen molar-refractivity contribution in [1.29, 1.82) is 0 Å². The smallest absolute Gasteiger partial charge is 0.270 e. The van der Waals surface area contributed by atoms with Crippen LogP contribution in [0.1, 0.15) is 37.1 Å². The average Bonchev–Trinajstić information content (AvgIpc) is 2.22. The lowest BCUT2D eigenvalue weighted by atomic mass is 10.1. The van der Waals surface area contributed by atoms with E-state index in [0.717, 1.165) is 0 Å². The van der Waals surface area contributed by atoms with E-state index in [1.54, 1.807) is 19.1 Å². The SMILES string of the molecule is C=CCNC(=O)c1cc(NC(C)(C)C)nc(C)n1. The van der Waals surface area contributed by atoms with E-state index in [2.05, 4.69) is 27.2 Å². The quantitative estimate of drug-likeness (QED) is 0.799. The zero-order chi connectivity index (χ0) is 13.8. The van der Waals surface area contributed by atoms with Gasteiger partial charge in [0.05, 0.1) is 0 Å². The summed E-state index contributed by atoms with van der Waals surface area (Å²) in [5.74, 6) is 0.990. The molecule has 1 heterocycles. The molecule has 5 nitrogen and oxygen atoms in total. The van der Waals surface area contributed by atoms with E-state index in [0.29, 0.717) is 23.9 Å². The number of anilines is 1. The van der Waals surface area contributed by atoms with Crippen LogP contribution in [0.5, 0.6) is 0 Å². The van der Waals surface area contributed by atoms with E-state index in [1.165, 1.54) is 0 Å². The van der Waals surface area contributed by atoms with Crippen molar-refractivity contribution in [3.05, 3.63) is 30.2 Å². The molecule has 0 spiro atoms. The summed E-state index contributed by atoms with van der Waals surface area (Å²) >= 11 is 0. The van der Waals surface area contributed by atoms with Crippen molar-refractivity contribution in [2.24, 2.45) is 0 Å².